The SMILES string of the molecule is CNCc1ccc2ccn(Cc3cc(F)ccc3Cl)c2c1. The van der Waals surface area contributed by atoms with E-state index in [2.05, 4.69) is 34.1 Å². The summed E-state index contributed by atoms with van der Waals surface area (Å²) in [5.41, 5.74) is 3.13. The van der Waals surface area contributed by atoms with E-state index >= 15 is 0 Å². The number of aromatic nitrogens is 1. The fourth-order valence-electron chi connectivity index (χ4n) is 2.53. The molecule has 0 saturated heterocycles. The Morgan fingerprint density at radius 3 is 2.81 bits per heavy atom. The Hall–Kier alpha value is -1.84. The molecule has 4 heteroatoms. The topological polar surface area (TPSA) is 17.0 Å². The molecule has 3 aromatic rings. The highest BCUT2D eigenvalue weighted by Crippen LogP contribution is 2.23. The second-order valence-corrected chi connectivity index (χ2v) is 5.51. The van der Waals surface area contributed by atoms with Crippen molar-refractivity contribution in [2.24, 2.45) is 0 Å². The van der Waals surface area contributed by atoms with E-state index in [-0.39, 0.29) is 5.82 Å². The van der Waals surface area contributed by atoms with E-state index in [1.165, 1.54) is 23.1 Å². The third kappa shape index (κ3) is 2.94. The van der Waals surface area contributed by atoms with Gasteiger partial charge in [0.05, 0.1) is 0 Å². The molecule has 0 saturated carbocycles. The van der Waals surface area contributed by atoms with E-state index in [1.807, 2.05) is 13.2 Å². The molecule has 0 atom stereocenters. The molecular weight excluding hydrogens is 287 g/mol. The summed E-state index contributed by atoms with van der Waals surface area (Å²) in [6, 6.07) is 12.9. The van der Waals surface area contributed by atoms with Gasteiger partial charge in [0.2, 0.25) is 0 Å². The molecule has 21 heavy (non-hydrogen) atoms. The molecule has 0 amide bonds. The highest BCUT2D eigenvalue weighted by molar-refractivity contribution is 6.31. The Balaban J connectivity index is 2.00. The summed E-state index contributed by atoms with van der Waals surface area (Å²) in [6.07, 6.45) is 2.01. The lowest BCUT2D eigenvalue weighted by Gasteiger charge is -2.09. The minimum atomic E-state index is -0.262. The van der Waals surface area contributed by atoms with Crippen LogP contribution in [0.2, 0.25) is 5.02 Å². The molecule has 0 aliphatic rings. The van der Waals surface area contributed by atoms with Crippen LogP contribution in [-0.4, -0.2) is 11.6 Å². The monoisotopic (exact) mass is 302 g/mol. The molecule has 3 rings (SSSR count). The zero-order valence-electron chi connectivity index (χ0n) is 11.7. The van der Waals surface area contributed by atoms with Crippen LogP contribution in [0.5, 0.6) is 0 Å². The molecule has 2 aromatic carbocycles. The molecule has 1 heterocycles. The molecule has 0 radical (unpaired) electrons. The summed E-state index contributed by atoms with van der Waals surface area (Å²) in [6.45, 7) is 1.38. The maximum absolute atomic E-state index is 13.4. The van der Waals surface area contributed by atoms with Gasteiger partial charge in [-0.05, 0) is 53.9 Å². The molecular formula is C17H16ClFN2. The number of nitrogens with one attached hydrogen (secondary N) is 1. The predicted molar refractivity (Wildman–Crippen MR) is 85.2 cm³/mol. The highest BCUT2D eigenvalue weighted by Gasteiger charge is 2.07. The van der Waals surface area contributed by atoms with Gasteiger partial charge in [-0.25, -0.2) is 4.39 Å². The maximum Gasteiger partial charge on any atom is 0.123 e. The van der Waals surface area contributed by atoms with Crippen molar-refractivity contribution in [1.29, 1.82) is 0 Å². The largest absolute Gasteiger partial charge is 0.343 e. The van der Waals surface area contributed by atoms with Crippen LogP contribution in [0.1, 0.15) is 11.1 Å². The zero-order valence-corrected chi connectivity index (χ0v) is 12.5. The Morgan fingerprint density at radius 2 is 2.00 bits per heavy atom. The van der Waals surface area contributed by atoms with Crippen molar-refractivity contribution in [1.82, 2.24) is 9.88 Å². The first-order valence-corrected chi connectivity index (χ1v) is 7.21. The molecule has 0 bridgehead atoms. The normalized spacial score (nSPS) is 11.2. The van der Waals surface area contributed by atoms with E-state index in [0.29, 0.717) is 11.6 Å². The number of nitrogens with zero attached hydrogens (tertiary/aromatic N) is 1. The fraction of sp³-hybridized carbons (Fsp3) is 0.176. The zero-order chi connectivity index (χ0) is 14.8. The van der Waals surface area contributed by atoms with Gasteiger partial charge in [0.25, 0.3) is 0 Å². The first-order chi connectivity index (χ1) is 10.2. The first-order valence-electron chi connectivity index (χ1n) is 6.83. The summed E-state index contributed by atoms with van der Waals surface area (Å²) >= 11 is 6.16. The quantitative estimate of drug-likeness (QED) is 0.764. The van der Waals surface area contributed by atoms with Gasteiger partial charge in [0.15, 0.2) is 0 Å². The van der Waals surface area contributed by atoms with Crippen molar-refractivity contribution in [3.8, 4) is 0 Å². The summed E-state index contributed by atoms with van der Waals surface area (Å²) < 4.78 is 15.5. The molecule has 1 aromatic heterocycles. The van der Waals surface area contributed by atoms with Crippen molar-refractivity contribution in [2.45, 2.75) is 13.1 Å². The summed E-state index contributed by atoms with van der Waals surface area (Å²) in [5, 5.41) is 4.90. The van der Waals surface area contributed by atoms with E-state index in [4.69, 9.17) is 11.6 Å². The van der Waals surface area contributed by atoms with Crippen LogP contribution in [0, 0.1) is 5.82 Å². The van der Waals surface area contributed by atoms with Crippen LogP contribution in [0.25, 0.3) is 10.9 Å². The number of benzene rings is 2. The number of halogens is 2. The third-order valence-corrected chi connectivity index (χ3v) is 3.94. The van der Waals surface area contributed by atoms with Gasteiger partial charge in [-0.15, -0.1) is 0 Å². The van der Waals surface area contributed by atoms with Crippen LogP contribution >= 0.6 is 11.6 Å². The Kier molecular flexibility index (Phi) is 3.95. The molecule has 0 aliphatic carbocycles. The van der Waals surface area contributed by atoms with Crippen LogP contribution in [0.3, 0.4) is 0 Å². The van der Waals surface area contributed by atoms with Gasteiger partial charge >= 0.3 is 0 Å². The van der Waals surface area contributed by atoms with E-state index < -0.39 is 0 Å². The highest BCUT2D eigenvalue weighted by atomic mass is 35.5. The van der Waals surface area contributed by atoms with Gasteiger partial charge in [-0.2, -0.15) is 0 Å². The van der Waals surface area contributed by atoms with Gasteiger partial charge in [-0.1, -0.05) is 23.7 Å². The van der Waals surface area contributed by atoms with Gasteiger partial charge < -0.3 is 9.88 Å². The number of rotatable bonds is 4. The van der Waals surface area contributed by atoms with Crippen LogP contribution < -0.4 is 5.32 Å². The maximum atomic E-state index is 13.4. The average molecular weight is 303 g/mol. The standard InChI is InChI=1S/C17H16ClFN2/c1-20-10-12-2-3-13-6-7-21(17(13)8-12)11-14-9-15(19)4-5-16(14)18/h2-9,20H,10-11H2,1H3. The van der Waals surface area contributed by atoms with Crippen LogP contribution in [-0.2, 0) is 13.1 Å². The van der Waals surface area contributed by atoms with Crippen LogP contribution in [0.15, 0.2) is 48.7 Å². The van der Waals surface area contributed by atoms with Crippen molar-refractivity contribution in [2.75, 3.05) is 7.05 Å². The second-order valence-electron chi connectivity index (χ2n) is 5.10. The summed E-state index contributed by atoms with van der Waals surface area (Å²) in [7, 11) is 1.93. The smallest absolute Gasteiger partial charge is 0.123 e. The van der Waals surface area contributed by atoms with E-state index in [1.54, 1.807) is 6.07 Å². The predicted octanol–water partition coefficient (Wildman–Crippen LogP) is 4.20. The van der Waals surface area contributed by atoms with Crippen molar-refractivity contribution < 1.29 is 4.39 Å². The minimum Gasteiger partial charge on any atom is -0.343 e. The van der Waals surface area contributed by atoms with Gasteiger partial charge in [0.1, 0.15) is 5.82 Å². The second kappa shape index (κ2) is 5.88. The van der Waals surface area contributed by atoms with Gasteiger partial charge in [0, 0.05) is 29.8 Å². The lowest BCUT2D eigenvalue weighted by molar-refractivity contribution is 0.624. The molecule has 1 N–H and O–H groups in total. The average Bonchev–Trinajstić information content (AvgIpc) is 2.86. The summed E-state index contributed by atoms with van der Waals surface area (Å²) in [5.74, 6) is -0.262. The molecule has 0 spiro atoms. The Morgan fingerprint density at radius 1 is 1.14 bits per heavy atom. The number of fused-ring (bicyclic) bond motifs is 1. The van der Waals surface area contributed by atoms with Crippen molar-refractivity contribution in [3.05, 3.63) is 70.6 Å². The lowest BCUT2D eigenvalue weighted by Crippen LogP contribution is -2.05. The van der Waals surface area contributed by atoms with Crippen LogP contribution in [0.4, 0.5) is 4.39 Å². The van der Waals surface area contributed by atoms with Gasteiger partial charge in [-0.3, -0.25) is 0 Å². The number of hydrogen-bond acceptors (Lipinski definition) is 1. The van der Waals surface area contributed by atoms with Crippen molar-refractivity contribution in [3.63, 3.8) is 0 Å². The van der Waals surface area contributed by atoms with E-state index in [9.17, 15) is 4.39 Å². The first kappa shape index (κ1) is 14.1. The lowest BCUT2D eigenvalue weighted by atomic mass is 10.1. The Labute approximate surface area is 128 Å². The molecule has 108 valence electrons. The van der Waals surface area contributed by atoms with E-state index in [0.717, 1.165) is 17.6 Å². The van der Waals surface area contributed by atoms with Crippen molar-refractivity contribution >= 4 is 22.5 Å². The molecule has 0 fully saturated rings. The molecule has 0 aliphatic heterocycles. The third-order valence-electron chi connectivity index (χ3n) is 3.57. The number of hydrogen-bond donors (Lipinski definition) is 1. The molecule has 2 nitrogen and oxygen atoms in total. The minimum absolute atomic E-state index is 0.262. The molecule has 0 unspecified atom stereocenters. The Bertz CT molecular complexity index is 780. The summed E-state index contributed by atoms with van der Waals surface area (Å²) in [4.78, 5) is 0. The fourth-order valence-corrected chi connectivity index (χ4v) is 2.71.